The molecule has 4 N–H and O–H groups in total. The third-order valence-electron chi connectivity index (χ3n) is 6.67. The van der Waals surface area contributed by atoms with Crippen LogP contribution in [0.1, 0.15) is 17.5 Å². The molecule has 2 fully saturated rings. The molecule has 2 aliphatic rings. The molecule has 0 aromatic heterocycles. The van der Waals surface area contributed by atoms with Gasteiger partial charge in [-0.15, -0.1) is 0 Å². The molecule has 0 aliphatic carbocycles. The quantitative estimate of drug-likeness (QED) is 0.443. The zero-order chi connectivity index (χ0) is 23.8. The predicted octanol–water partition coefficient (Wildman–Crippen LogP) is 1.53. The minimum Gasteiger partial charge on any atom is -0.497 e. The van der Waals surface area contributed by atoms with Crippen molar-refractivity contribution in [2.24, 2.45) is 0 Å². The van der Waals surface area contributed by atoms with Crippen molar-refractivity contribution in [2.75, 3.05) is 39.8 Å². The summed E-state index contributed by atoms with van der Waals surface area (Å²) in [6.07, 6.45) is -0.312. The molecule has 0 bridgehead atoms. The summed E-state index contributed by atoms with van der Waals surface area (Å²) in [4.78, 5) is 15.0. The van der Waals surface area contributed by atoms with Crippen LogP contribution >= 0.6 is 0 Å². The smallest absolute Gasteiger partial charge is 0.407 e. The van der Waals surface area contributed by atoms with Gasteiger partial charge in [-0.2, -0.15) is 0 Å². The highest BCUT2D eigenvalue weighted by molar-refractivity contribution is 5.67. The number of rotatable bonds is 9. The van der Waals surface area contributed by atoms with E-state index in [-0.39, 0.29) is 6.04 Å². The van der Waals surface area contributed by atoms with Crippen molar-refractivity contribution < 1.29 is 19.4 Å². The molecule has 0 saturated carbocycles. The van der Waals surface area contributed by atoms with Gasteiger partial charge in [-0.05, 0) is 36.1 Å². The van der Waals surface area contributed by atoms with E-state index < -0.39 is 18.3 Å². The topological polar surface area (TPSA) is 95.1 Å². The van der Waals surface area contributed by atoms with E-state index in [1.165, 1.54) is 5.56 Å². The van der Waals surface area contributed by atoms with Gasteiger partial charge in [0, 0.05) is 45.3 Å². The van der Waals surface area contributed by atoms with Crippen molar-refractivity contribution in [3.8, 4) is 5.75 Å². The van der Waals surface area contributed by atoms with Crippen LogP contribution in [-0.4, -0.2) is 80.2 Å². The Hall–Kier alpha value is -2.65. The van der Waals surface area contributed by atoms with Gasteiger partial charge in [0.05, 0.1) is 13.2 Å². The van der Waals surface area contributed by atoms with Gasteiger partial charge >= 0.3 is 6.09 Å². The maximum atomic E-state index is 12.5. The molecule has 4 atom stereocenters. The van der Waals surface area contributed by atoms with Gasteiger partial charge in [-0.25, -0.2) is 4.79 Å². The summed E-state index contributed by atoms with van der Waals surface area (Å²) in [5, 5.41) is 20.0. The maximum absolute atomic E-state index is 12.5. The van der Waals surface area contributed by atoms with Crippen LogP contribution in [0, 0.1) is 0 Å². The number of nitrogens with one attached hydrogen (secondary N) is 3. The van der Waals surface area contributed by atoms with Gasteiger partial charge in [-0.1, -0.05) is 42.5 Å². The fourth-order valence-electron chi connectivity index (χ4n) is 4.76. The Kier molecular flexibility index (Phi) is 8.76. The number of hydrogen-bond acceptors (Lipinski definition) is 7. The number of nitrogens with zero attached hydrogens (tertiary/aromatic N) is 1. The molecular weight excluding hydrogens is 432 g/mol. The van der Waals surface area contributed by atoms with Gasteiger partial charge in [-0.3, -0.25) is 4.90 Å². The molecule has 2 aliphatic heterocycles. The Morgan fingerprint density at radius 2 is 1.91 bits per heavy atom. The number of carbonyl (C=O) groups excluding carboxylic acids is 1. The van der Waals surface area contributed by atoms with Crippen LogP contribution < -0.4 is 20.7 Å². The van der Waals surface area contributed by atoms with E-state index in [1.807, 2.05) is 30.3 Å². The number of aliphatic hydroxyl groups is 1. The lowest BCUT2D eigenvalue weighted by molar-refractivity contribution is 0.0186. The Balaban J connectivity index is 1.24. The molecule has 184 valence electrons. The van der Waals surface area contributed by atoms with Crippen LogP contribution in [0.4, 0.5) is 4.79 Å². The van der Waals surface area contributed by atoms with E-state index in [1.54, 1.807) is 7.11 Å². The second-order valence-electron chi connectivity index (χ2n) is 9.03. The zero-order valence-electron chi connectivity index (χ0n) is 19.8. The van der Waals surface area contributed by atoms with E-state index >= 15 is 0 Å². The third-order valence-corrected chi connectivity index (χ3v) is 6.67. The van der Waals surface area contributed by atoms with Crippen LogP contribution in [0.3, 0.4) is 0 Å². The highest BCUT2D eigenvalue weighted by atomic mass is 16.6. The normalized spacial score (nSPS) is 25.1. The summed E-state index contributed by atoms with van der Waals surface area (Å²) in [7, 11) is 1.64. The van der Waals surface area contributed by atoms with Crippen molar-refractivity contribution >= 4 is 6.09 Å². The molecular formula is C26H36N4O4. The number of alkyl carbamates (subject to hydrolysis) is 1. The molecule has 8 nitrogen and oxygen atoms in total. The molecule has 8 heteroatoms. The fourth-order valence-corrected chi connectivity index (χ4v) is 4.76. The SMILES string of the molecule is COc1ccc(C[C@H]2NCC(O)[C@H]2OC(=O)NCC[C@H]2CNCCN2Cc2ccccc2)cc1. The molecule has 1 unspecified atom stereocenters. The minimum atomic E-state index is -0.724. The van der Waals surface area contributed by atoms with Gasteiger partial charge in [0.25, 0.3) is 0 Å². The predicted molar refractivity (Wildman–Crippen MR) is 131 cm³/mol. The third kappa shape index (κ3) is 6.70. The summed E-state index contributed by atoms with van der Waals surface area (Å²) in [5.41, 5.74) is 2.39. The largest absolute Gasteiger partial charge is 0.497 e. The second-order valence-corrected chi connectivity index (χ2v) is 9.03. The molecule has 34 heavy (non-hydrogen) atoms. The van der Waals surface area contributed by atoms with Crippen molar-refractivity contribution in [1.29, 1.82) is 0 Å². The second kappa shape index (κ2) is 12.2. The van der Waals surface area contributed by atoms with Gasteiger partial charge < -0.3 is 30.5 Å². The van der Waals surface area contributed by atoms with E-state index in [4.69, 9.17) is 9.47 Å². The van der Waals surface area contributed by atoms with E-state index in [0.717, 1.165) is 43.9 Å². The summed E-state index contributed by atoms with van der Waals surface area (Å²) >= 11 is 0. The number of aliphatic hydroxyl groups excluding tert-OH is 1. The standard InChI is InChI=1S/C26H36N4O4/c1-33-22-9-7-19(8-10-22)15-23-25(24(31)17-29-23)34-26(32)28-12-11-21-16-27-13-14-30(21)18-20-5-3-2-4-6-20/h2-10,21,23-25,27,29,31H,11-18H2,1H3,(H,28,32)/t21-,23+,24?,25-/m0/s1. The Morgan fingerprint density at radius 3 is 2.68 bits per heavy atom. The van der Waals surface area contributed by atoms with E-state index in [9.17, 15) is 9.90 Å². The van der Waals surface area contributed by atoms with Crippen molar-refractivity contribution in [1.82, 2.24) is 20.9 Å². The fraction of sp³-hybridized carbons (Fsp3) is 0.500. The lowest BCUT2D eigenvalue weighted by atomic mass is 10.0. The number of hydrogen-bond donors (Lipinski definition) is 4. The van der Waals surface area contributed by atoms with Crippen LogP contribution in [0.15, 0.2) is 54.6 Å². The van der Waals surface area contributed by atoms with Gasteiger partial charge in [0.15, 0.2) is 0 Å². The first-order valence-corrected chi connectivity index (χ1v) is 12.1. The van der Waals surface area contributed by atoms with Crippen molar-refractivity contribution in [3.05, 3.63) is 65.7 Å². The highest BCUT2D eigenvalue weighted by Gasteiger charge is 2.37. The molecule has 2 heterocycles. The summed E-state index contributed by atoms with van der Waals surface area (Å²) < 4.78 is 10.9. The van der Waals surface area contributed by atoms with Crippen LogP contribution in [0.5, 0.6) is 5.75 Å². The number of piperazine rings is 1. The van der Waals surface area contributed by atoms with E-state index in [2.05, 4.69) is 45.1 Å². The highest BCUT2D eigenvalue weighted by Crippen LogP contribution is 2.19. The first kappa shape index (κ1) is 24.5. The van der Waals surface area contributed by atoms with E-state index in [0.29, 0.717) is 25.6 Å². The van der Waals surface area contributed by atoms with Gasteiger partial charge in [0.2, 0.25) is 0 Å². The molecule has 0 spiro atoms. The van der Waals surface area contributed by atoms with Crippen LogP contribution in [0.25, 0.3) is 0 Å². The number of amides is 1. The molecule has 0 radical (unpaired) electrons. The molecule has 2 aromatic carbocycles. The average molecular weight is 469 g/mol. The molecule has 1 amide bonds. The lowest BCUT2D eigenvalue weighted by Gasteiger charge is -2.36. The molecule has 2 aromatic rings. The number of benzene rings is 2. The maximum Gasteiger partial charge on any atom is 0.407 e. The molecule has 2 saturated heterocycles. The van der Waals surface area contributed by atoms with Crippen LogP contribution in [0.2, 0.25) is 0 Å². The van der Waals surface area contributed by atoms with Gasteiger partial charge in [0.1, 0.15) is 18.0 Å². The Bertz CT molecular complexity index is 895. The lowest BCUT2D eigenvalue weighted by Crippen LogP contribution is -2.51. The minimum absolute atomic E-state index is 0.141. The van der Waals surface area contributed by atoms with Crippen LogP contribution in [-0.2, 0) is 17.7 Å². The monoisotopic (exact) mass is 468 g/mol. The summed E-state index contributed by atoms with van der Waals surface area (Å²) in [6.45, 7) is 4.69. The Labute approximate surface area is 201 Å². The Morgan fingerprint density at radius 1 is 1.12 bits per heavy atom. The van der Waals surface area contributed by atoms with Crippen molar-refractivity contribution in [3.63, 3.8) is 0 Å². The number of methoxy groups -OCH3 is 1. The first-order chi connectivity index (χ1) is 16.6. The summed E-state index contributed by atoms with van der Waals surface area (Å²) in [5.74, 6) is 0.797. The number of ether oxygens (including phenoxy) is 2. The average Bonchev–Trinajstić information content (AvgIpc) is 3.20. The first-order valence-electron chi connectivity index (χ1n) is 12.1. The zero-order valence-corrected chi connectivity index (χ0v) is 19.8. The number of carbonyl (C=O) groups is 1. The van der Waals surface area contributed by atoms with Crippen molar-refractivity contribution in [2.45, 2.75) is 43.7 Å². The number of β-amino-alcohol motifs (C(OH)–C–C–N with tert-alkyl or cyclic N) is 1. The summed E-state index contributed by atoms with van der Waals surface area (Å²) in [6, 6.07) is 18.5. The molecule has 4 rings (SSSR count).